The van der Waals surface area contributed by atoms with Crippen LogP contribution in [-0.4, -0.2) is 45.4 Å². The fraction of sp³-hybridized carbons (Fsp3) is 0.600. The van der Waals surface area contributed by atoms with Gasteiger partial charge in [0.2, 0.25) is 5.12 Å². The van der Waals surface area contributed by atoms with Gasteiger partial charge in [-0.2, -0.15) is 0 Å². The van der Waals surface area contributed by atoms with Gasteiger partial charge in [0.25, 0.3) is 5.78 Å². The average Bonchev–Trinajstić information content (AvgIpc) is 3.02. The van der Waals surface area contributed by atoms with E-state index in [4.69, 9.17) is 0 Å². The predicted molar refractivity (Wildman–Crippen MR) is 104 cm³/mol. The highest BCUT2D eigenvalue weighted by Gasteiger charge is 2.58. The van der Waals surface area contributed by atoms with Gasteiger partial charge < -0.3 is 0 Å². The molecule has 0 bridgehead atoms. The van der Waals surface area contributed by atoms with Crippen LogP contribution in [0, 0.1) is 5.41 Å². The van der Waals surface area contributed by atoms with Crippen LogP contribution in [-0.2, 0) is 14.4 Å². The summed E-state index contributed by atoms with van der Waals surface area (Å²) in [4.78, 5) is 43.0. The van der Waals surface area contributed by atoms with Gasteiger partial charge in [-0.25, -0.2) is 9.28 Å². The van der Waals surface area contributed by atoms with Gasteiger partial charge in [0, 0.05) is 24.2 Å². The van der Waals surface area contributed by atoms with Gasteiger partial charge in [-0.15, -0.1) is 0 Å². The Morgan fingerprint density at radius 3 is 2.50 bits per heavy atom. The van der Waals surface area contributed by atoms with E-state index in [1.54, 1.807) is 26.2 Å². The molecule has 6 heteroatoms. The highest BCUT2D eigenvalue weighted by molar-refractivity contribution is 7.96. The molecule has 1 aromatic rings. The summed E-state index contributed by atoms with van der Waals surface area (Å²) in [5.74, 6) is -0.987. The zero-order valence-electron chi connectivity index (χ0n) is 16.1. The number of rotatable bonds is 7. The highest BCUT2D eigenvalue weighted by Crippen LogP contribution is 2.41. The molecule has 2 rings (SSSR count). The van der Waals surface area contributed by atoms with Crippen molar-refractivity contribution in [3.05, 3.63) is 30.1 Å². The predicted octanol–water partition coefficient (Wildman–Crippen LogP) is 3.15. The van der Waals surface area contributed by atoms with Crippen molar-refractivity contribution in [1.82, 2.24) is 4.98 Å². The van der Waals surface area contributed by atoms with E-state index >= 15 is 0 Å². The number of hydrogen-bond donors (Lipinski definition) is 1. The van der Waals surface area contributed by atoms with Crippen LogP contribution in [0.15, 0.2) is 24.5 Å². The molecule has 1 fully saturated rings. The van der Waals surface area contributed by atoms with Crippen LogP contribution in [0.3, 0.4) is 0 Å². The molecule has 1 aromatic heterocycles. The maximum atomic E-state index is 13.4. The summed E-state index contributed by atoms with van der Waals surface area (Å²) in [5.41, 5.74) is 0.193. The van der Waals surface area contributed by atoms with Gasteiger partial charge in [-0.05, 0) is 24.5 Å². The number of carbonyl (C=O) groups is 3. The number of aromatic nitrogens is 1. The van der Waals surface area contributed by atoms with Gasteiger partial charge in [-0.1, -0.05) is 46.4 Å². The van der Waals surface area contributed by atoms with Crippen LogP contribution in [0.4, 0.5) is 0 Å². The van der Waals surface area contributed by atoms with Crippen molar-refractivity contribution < 1.29 is 18.9 Å². The van der Waals surface area contributed by atoms with Crippen LogP contribution in [0.5, 0.6) is 0 Å². The molecule has 5 nitrogen and oxygen atoms in total. The Balaban J connectivity index is 2.50. The van der Waals surface area contributed by atoms with E-state index in [0.29, 0.717) is 32.4 Å². The molecule has 2 heterocycles. The van der Waals surface area contributed by atoms with Crippen LogP contribution in [0.2, 0.25) is 0 Å². The van der Waals surface area contributed by atoms with Crippen molar-refractivity contribution >= 4 is 29.4 Å². The van der Waals surface area contributed by atoms with Crippen LogP contribution in [0.25, 0.3) is 0 Å². The molecule has 0 aromatic carbocycles. The molecule has 3 atom stereocenters. The fourth-order valence-corrected chi connectivity index (χ4v) is 4.37. The third-order valence-electron chi connectivity index (χ3n) is 5.84. The molecule has 0 N–H and O–H groups in total. The minimum absolute atomic E-state index is 0.110. The lowest BCUT2D eigenvalue weighted by molar-refractivity contribution is -0.854. The quantitative estimate of drug-likeness (QED) is 0.450. The molecule has 142 valence electrons. The monoisotopic (exact) mass is 377 g/mol. The zero-order chi connectivity index (χ0) is 19.5. The highest BCUT2D eigenvalue weighted by atomic mass is 32.1. The van der Waals surface area contributed by atoms with Gasteiger partial charge in [0.05, 0.1) is 19.0 Å². The number of thiol groups is 1. The maximum absolute atomic E-state index is 13.4. The molecule has 1 aliphatic heterocycles. The number of hydrogen-bond acceptors (Lipinski definition) is 4. The van der Waals surface area contributed by atoms with Gasteiger partial charge in [0.1, 0.15) is 0 Å². The second-order valence-electron chi connectivity index (χ2n) is 7.82. The smallest absolute Gasteiger partial charge is 0.283 e. The lowest BCUT2D eigenvalue weighted by atomic mass is 9.83. The van der Waals surface area contributed by atoms with E-state index in [1.165, 1.54) is 0 Å². The van der Waals surface area contributed by atoms with E-state index in [1.807, 2.05) is 26.0 Å². The standard InChI is InChI=1S/C20H28N2O3S/c1-5-11-22(18(24)17(23)20(3,4)6-2)12-9-15(16(22)19(25)26)14-8-7-10-21-13-14/h7-8,10,13,15-16H,5-6,9,11-12H2,1-4H3/p+1/t15?,16-,22?/m0/s1. The first-order chi connectivity index (χ1) is 12.2. The maximum Gasteiger partial charge on any atom is 0.382 e. The van der Waals surface area contributed by atoms with Crippen molar-refractivity contribution in [2.45, 2.75) is 58.9 Å². The Kier molecular flexibility index (Phi) is 6.40. The summed E-state index contributed by atoms with van der Waals surface area (Å²) < 4.78 is -0.110. The van der Waals surface area contributed by atoms with Crippen molar-refractivity contribution in [1.29, 1.82) is 0 Å². The Morgan fingerprint density at radius 1 is 1.31 bits per heavy atom. The molecular weight excluding hydrogens is 348 g/mol. The van der Waals surface area contributed by atoms with Gasteiger partial charge in [0.15, 0.2) is 6.04 Å². The number of ketones is 1. The molecule has 0 spiro atoms. The molecule has 1 amide bonds. The third kappa shape index (κ3) is 3.62. The summed E-state index contributed by atoms with van der Waals surface area (Å²) in [6.45, 7) is 8.41. The number of Topliss-reactive ketones (excluding diaryl/α,β-unsaturated/α-hetero) is 1. The largest absolute Gasteiger partial charge is 0.382 e. The fourth-order valence-electron chi connectivity index (χ4n) is 3.97. The van der Waals surface area contributed by atoms with Crippen molar-refractivity contribution in [3.8, 4) is 0 Å². The number of nitrogens with zero attached hydrogens (tertiary/aromatic N) is 2. The average molecular weight is 378 g/mol. The van der Waals surface area contributed by atoms with Crippen molar-refractivity contribution in [2.24, 2.45) is 5.41 Å². The first kappa shape index (κ1) is 20.8. The van der Waals surface area contributed by atoms with Gasteiger partial charge in [-0.3, -0.25) is 14.6 Å². The molecule has 26 heavy (non-hydrogen) atoms. The molecule has 0 radical (unpaired) electrons. The van der Waals surface area contributed by atoms with Crippen molar-refractivity contribution in [3.63, 3.8) is 0 Å². The Labute approximate surface area is 161 Å². The Hall–Kier alpha value is -1.53. The summed E-state index contributed by atoms with van der Waals surface area (Å²) in [7, 11) is 0. The van der Waals surface area contributed by atoms with E-state index in [2.05, 4.69) is 17.6 Å². The lowest BCUT2D eigenvalue weighted by Crippen LogP contribution is -2.63. The number of amides is 1. The van der Waals surface area contributed by atoms with E-state index in [-0.39, 0.29) is 21.3 Å². The van der Waals surface area contributed by atoms with E-state index < -0.39 is 17.4 Å². The number of pyridine rings is 1. The minimum Gasteiger partial charge on any atom is -0.283 e. The Morgan fingerprint density at radius 2 is 2.00 bits per heavy atom. The first-order valence-electron chi connectivity index (χ1n) is 9.30. The second kappa shape index (κ2) is 8.01. The minimum atomic E-state index is -0.730. The second-order valence-corrected chi connectivity index (χ2v) is 8.26. The van der Waals surface area contributed by atoms with Gasteiger partial charge >= 0.3 is 5.91 Å². The summed E-state index contributed by atoms with van der Waals surface area (Å²) in [6.07, 6.45) is 5.37. The molecule has 2 unspecified atom stereocenters. The summed E-state index contributed by atoms with van der Waals surface area (Å²) in [6, 6.07) is 3.11. The van der Waals surface area contributed by atoms with Crippen molar-refractivity contribution in [2.75, 3.05) is 13.1 Å². The zero-order valence-corrected chi connectivity index (χ0v) is 17.0. The SMILES string of the molecule is CCC[N+]1(C(=O)C(=O)C(C)(C)CC)CCC(c2cccnc2)[C@H]1C(=O)S. The normalized spacial score (nSPS) is 25.9. The lowest BCUT2D eigenvalue weighted by Gasteiger charge is -2.38. The van der Waals surface area contributed by atoms with Crippen LogP contribution < -0.4 is 0 Å². The molecule has 1 aliphatic rings. The molecule has 1 saturated heterocycles. The van der Waals surface area contributed by atoms with Crippen LogP contribution in [0.1, 0.15) is 58.4 Å². The van der Waals surface area contributed by atoms with E-state index in [9.17, 15) is 14.4 Å². The van der Waals surface area contributed by atoms with E-state index in [0.717, 1.165) is 5.56 Å². The summed E-state index contributed by atoms with van der Waals surface area (Å²) >= 11 is 4.13. The topological polar surface area (TPSA) is 64.1 Å². The number of likely N-dealkylation sites (tertiary alicyclic amines) is 1. The molecular formula is C20H29N2O3S+. The summed E-state index contributed by atoms with van der Waals surface area (Å²) in [5, 5.41) is -0.333. The Bertz CT molecular complexity index is 690. The number of quaternary nitrogens is 1. The molecule has 0 aliphatic carbocycles. The number of carbonyl (C=O) groups excluding carboxylic acids is 3. The molecule has 0 saturated carbocycles. The third-order valence-corrected chi connectivity index (χ3v) is 6.10. The van der Waals surface area contributed by atoms with Crippen LogP contribution >= 0.6 is 12.6 Å². The first-order valence-corrected chi connectivity index (χ1v) is 9.74.